The van der Waals surface area contributed by atoms with E-state index < -0.39 is 15.3 Å². The van der Waals surface area contributed by atoms with E-state index in [0.29, 0.717) is 24.5 Å². The molecule has 8 rings (SSSR count). The number of carbonyl (C=O) groups is 1. The Balaban J connectivity index is 1.13. The van der Waals surface area contributed by atoms with Crippen LogP contribution in [0.4, 0.5) is 5.69 Å². The molecule has 2 bridgehead atoms. The number of ether oxygens (including phenoxy) is 2. The van der Waals surface area contributed by atoms with Gasteiger partial charge in [0.05, 0.1) is 34.2 Å². The molecule has 2 aromatic carbocycles. The highest BCUT2D eigenvalue weighted by Gasteiger charge is 2.50. The van der Waals surface area contributed by atoms with Crippen molar-refractivity contribution in [2.45, 2.75) is 89.0 Å². The molecule has 2 fully saturated rings. The minimum atomic E-state index is -2.98. The number of allylic oxidation sites excluding steroid dienone is 1. The fraction of sp³-hybridized carbons (Fsp3) is 0.578. The number of nitrogens with zero attached hydrogens (tertiary/aromatic N) is 4. The van der Waals surface area contributed by atoms with Gasteiger partial charge < -0.3 is 18.8 Å². The van der Waals surface area contributed by atoms with Gasteiger partial charge in [-0.15, -0.1) is 0 Å². The number of hydrogen-bond donors (Lipinski definition) is 1. The molecule has 1 saturated carbocycles. The molecular formula is C45H60ClN5O5S. The summed E-state index contributed by atoms with van der Waals surface area (Å²) in [6, 6.07) is 12.0. The van der Waals surface area contributed by atoms with Crippen molar-refractivity contribution in [2.24, 2.45) is 17.8 Å². The lowest BCUT2D eigenvalue weighted by molar-refractivity contribution is -0.0958. The Hall–Kier alpha value is -3.35. The number of oxazole rings is 1. The number of halogens is 1. The number of methoxy groups -OCH3 is 1. The predicted molar refractivity (Wildman–Crippen MR) is 229 cm³/mol. The zero-order chi connectivity index (χ0) is 40.1. The highest BCUT2D eigenvalue weighted by atomic mass is 35.5. The van der Waals surface area contributed by atoms with Crippen molar-refractivity contribution in [2.75, 3.05) is 64.4 Å². The Morgan fingerprint density at radius 2 is 1.88 bits per heavy atom. The van der Waals surface area contributed by atoms with Gasteiger partial charge >= 0.3 is 0 Å². The third-order valence-electron chi connectivity index (χ3n) is 14.1. The number of aromatic nitrogens is 1. The number of aryl methyl sites for hydroxylation is 3. The van der Waals surface area contributed by atoms with Crippen LogP contribution in [0.5, 0.6) is 5.75 Å². The number of fused-ring (bicyclic) bond motifs is 4. The largest absolute Gasteiger partial charge is 0.490 e. The lowest BCUT2D eigenvalue weighted by atomic mass is 9.63. The zero-order valence-electron chi connectivity index (χ0n) is 34.4. The van der Waals surface area contributed by atoms with E-state index >= 15 is 0 Å². The fourth-order valence-corrected chi connectivity index (χ4v) is 11.8. The highest BCUT2D eigenvalue weighted by molar-refractivity contribution is 7.99. The van der Waals surface area contributed by atoms with Gasteiger partial charge in [0.25, 0.3) is 5.91 Å². The van der Waals surface area contributed by atoms with Crippen LogP contribution < -0.4 is 14.4 Å². The molecule has 3 aliphatic heterocycles. The van der Waals surface area contributed by atoms with Crippen molar-refractivity contribution < 1.29 is 22.9 Å². The molecule has 12 heteroatoms. The minimum Gasteiger partial charge on any atom is -0.490 e. The smallest absolute Gasteiger partial charge is 0.262 e. The van der Waals surface area contributed by atoms with Crippen LogP contribution in [0.25, 0.3) is 0 Å². The van der Waals surface area contributed by atoms with Gasteiger partial charge in [0.1, 0.15) is 17.1 Å². The first-order chi connectivity index (χ1) is 27.3. The van der Waals surface area contributed by atoms with E-state index in [1.54, 1.807) is 6.07 Å². The van der Waals surface area contributed by atoms with Crippen LogP contribution in [0.15, 0.2) is 53.0 Å². The summed E-state index contributed by atoms with van der Waals surface area (Å²) < 4.78 is 36.4. The summed E-state index contributed by atoms with van der Waals surface area (Å²) in [5, 5.41) is 0.412. The molecule has 4 heterocycles. The first kappa shape index (κ1) is 40.4. The molecule has 0 radical (unpaired) electrons. The molecule has 5 aliphatic rings. The lowest BCUT2D eigenvalue weighted by Gasteiger charge is -2.52. The van der Waals surface area contributed by atoms with Crippen LogP contribution in [0.3, 0.4) is 0 Å². The molecule has 7 atom stereocenters. The van der Waals surface area contributed by atoms with E-state index in [1.165, 1.54) is 11.1 Å². The first-order valence-corrected chi connectivity index (χ1v) is 23.0. The summed E-state index contributed by atoms with van der Waals surface area (Å²) in [7, 11) is -1.09. The Bertz CT molecular complexity index is 2090. The molecule has 1 N–H and O–H groups in total. The second-order valence-electron chi connectivity index (χ2n) is 17.7. The van der Waals surface area contributed by atoms with Crippen LogP contribution >= 0.6 is 11.6 Å². The standard InChI is InChI=1S/C45H60ClN5O5S/c1-30-9-7-18-45(54-5,28-50-21-19-49(20-22-50)26-42-47-31(2)32(3)56-42)39-14-11-36(39)25-51-27-44(17-8-10-34-23-37(46)13-15-38(34)44)29-55-41-16-12-35(24-40(41)51)43(52)48-57(6,53)33(30)4/h7,12-13,15-16,18,23-24,30,33,36,39H,6,8-11,14,17,19-22,25-29H2,1-5H3,(H,48,52,53)/b18-7+/t30-,33+,36-,39+,44-,45+,57?/m0/s1. The number of benzene rings is 2. The molecule has 1 amide bonds. The molecule has 57 heavy (non-hydrogen) atoms. The van der Waals surface area contributed by atoms with Crippen LogP contribution in [0.2, 0.25) is 5.02 Å². The van der Waals surface area contributed by atoms with Gasteiger partial charge in [0, 0.05) is 74.2 Å². The Morgan fingerprint density at radius 1 is 1.09 bits per heavy atom. The number of nitrogens with one attached hydrogen (secondary N) is 1. The van der Waals surface area contributed by atoms with E-state index in [9.17, 15) is 9.00 Å². The van der Waals surface area contributed by atoms with E-state index in [2.05, 4.69) is 61.5 Å². The normalized spacial score (nSPS) is 33.0. The summed E-state index contributed by atoms with van der Waals surface area (Å²) >= 11 is 6.54. The predicted octanol–water partition coefficient (Wildman–Crippen LogP) is 6.99. The minimum absolute atomic E-state index is 0.0117. The molecule has 308 valence electrons. The Morgan fingerprint density at radius 3 is 2.60 bits per heavy atom. The van der Waals surface area contributed by atoms with Gasteiger partial charge in [-0.2, -0.15) is 0 Å². The van der Waals surface area contributed by atoms with E-state index in [1.807, 2.05) is 46.1 Å². The maximum Gasteiger partial charge on any atom is 0.262 e. The Labute approximate surface area is 344 Å². The molecule has 1 aromatic heterocycles. The van der Waals surface area contributed by atoms with Gasteiger partial charge in [-0.05, 0) is 124 Å². The molecular weight excluding hydrogens is 758 g/mol. The molecule has 1 unspecified atom stereocenters. The van der Waals surface area contributed by atoms with Crippen molar-refractivity contribution in [1.82, 2.24) is 19.5 Å². The van der Waals surface area contributed by atoms with Gasteiger partial charge in [0.2, 0.25) is 5.89 Å². The second-order valence-corrected chi connectivity index (χ2v) is 20.5. The summed E-state index contributed by atoms with van der Waals surface area (Å²) in [4.78, 5) is 26.0. The molecule has 3 aromatic rings. The van der Waals surface area contributed by atoms with Gasteiger partial charge in [-0.3, -0.25) is 19.3 Å². The quantitative estimate of drug-likeness (QED) is 0.216. The summed E-state index contributed by atoms with van der Waals surface area (Å²) in [6.07, 6.45) is 10.5. The topological polar surface area (TPSA) is 100 Å². The third-order valence-corrected chi connectivity index (χ3v) is 16.6. The lowest BCUT2D eigenvalue weighted by Crippen LogP contribution is -2.59. The van der Waals surface area contributed by atoms with Crippen LogP contribution in [0, 0.1) is 31.6 Å². The maximum atomic E-state index is 14.1. The number of rotatable bonds is 5. The summed E-state index contributed by atoms with van der Waals surface area (Å²) in [6.45, 7) is 15.3. The van der Waals surface area contributed by atoms with Crippen molar-refractivity contribution in [1.29, 1.82) is 0 Å². The monoisotopic (exact) mass is 817 g/mol. The van der Waals surface area contributed by atoms with Crippen molar-refractivity contribution >= 4 is 38.8 Å². The zero-order valence-corrected chi connectivity index (χ0v) is 35.9. The molecule has 1 spiro atoms. The summed E-state index contributed by atoms with van der Waals surface area (Å²) in [5.74, 6) is 6.80. The third kappa shape index (κ3) is 8.04. The van der Waals surface area contributed by atoms with Gasteiger partial charge in [0.15, 0.2) is 0 Å². The maximum absolute atomic E-state index is 14.1. The van der Waals surface area contributed by atoms with Crippen LogP contribution in [-0.2, 0) is 32.8 Å². The molecule has 1 saturated heterocycles. The number of piperazine rings is 1. The Kier molecular flexibility index (Phi) is 11.4. The molecule has 2 aliphatic carbocycles. The van der Waals surface area contributed by atoms with E-state index in [0.717, 1.165) is 118 Å². The first-order valence-electron chi connectivity index (χ1n) is 20.9. The number of carbonyl (C=O) groups excluding carboxylic acids is 1. The van der Waals surface area contributed by atoms with Crippen LogP contribution in [0.1, 0.15) is 84.8 Å². The summed E-state index contributed by atoms with van der Waals surface area (Å²) in [5.41, 5.74) is 4.17. The average Bonchev–Trinajstić information content (AvgIpc) is 3.40. The number of amides is 1. The van der Waals surface area contributed by atoms with Crippen LogP contribution in [-0.4, -0.2) is 101 Å². The molecule has 10 nitrogen and oxygen atoms in total. The number of hydrogen-bond acceptors (Lipinski definition) is 9. The van der Waals surface area contributed by atoms with Gasteiger partial charge in [-0.1, -0.05) is 36.7 Å². The van der Waals surface area contributed by atoms with E-state index in [4.69, 9.17) is 25.5 Å². The average molecular weight is 819 g/mol. The number of anilines is 1. The van der Waals surface area contributed by atoms with E-state index in [-0.39, 0.29) is 28.4 Å². The van der Waals surface area contributed by atoms with Crippen molar-refractivity contribution in [3.63, 3.8) is 0 Å². The van der Waals surface area contributed by atoms with Crippen molar-refractivity contribution in [3.05, 3.63) is 87.6 Å². The van der Waals surface area contributed by atoms with Gasteiger partial charge in [-0.25, -0.2) is 9.19 Å². The highest BCUT2D eigenvalue weighted by Crippen LogP contribution is 2.49. The SMILES string of the molecule is C=S1(=O)NC(=O)c2ccc3c(c2)N(C[C@@H]2CC[C@H]2[C@@](CN2CCN(Cc4nc(C)c(C)o4)CC2)(OC)/C=C/C[C@H](C)[C@H]1C)C[C@@]1(CCCc2cc(Cl)ccc21)CO3. The fourth-order valence-electron chi connectivity index (χ4n) is 10.2. The second kappa shape index (κ2) is 16.0. The van der Waals surface area contributed by atoms with Crippen molar-refractivity contribution in [3.8, 4) is 5.75 Å².